The Labute approximate surface area is 202 Å². The summed E-state index contributed by atoms with van der Waals surface area (Å²) >= 11 is 1.85. The van der Waals surface area contributed by atoms with E-state index in [1.165, 1.54) is 36.4 Å². The van der Waals surface area contributed by atoms with Crippen LogP contribution in [0.25, 0.3) is 0 Å². The largest absolute Gasteiger partial charge is 0.377 e. The molecule has 1 fully saturated rings. The van der Waals surface area contributed by atoms with Gasteiger partial charge in [0.1, 0.15) is 0 Å². The highest BCUT2D eigenvalue weighted by molar-refractivity contribution is 14.0. The van der Waals surface area contributed by atoms with E-state index in [1.807, 2.05) is 36.6 Å². The predicted molar refractivity (Wildman–Crippen MR) is 138 cm³/mol. The molecular formula is C23H35IN4OS. The van der Waals surface area contributed by atoms with E-state index in [4.69, 9.17) is 4.74 Å². The first-order chi connectivity index (χ1) is 14.4. The number of unbranched alkanes of at least 4 members (excludes halogenated alkanes) is 1. The summed E-state index contributed by atoms with van der Waals surface area (Å²) < 4.78 is 5.75. The van der Waals surface area contributed by atoms with Crippen LogP contribution >= 0.6 is 35.3 Å². The molecule has 1 atom stereocenters. The zero-order valence-electron chi connectivity index (χ0n) is 17.9. The lowest BCUT2D eigenvalue weighted by atomic mass is 10.2. The number of guanidine groups is 1. The number of hydrogen-bond acceptors (Lipinski definition) is 4. The normalized spacial score (nSPS) is 15.6. The molecule has 2 aromatic rings. The first-order valence-corrected chi connectivity index (χ1v) is 11.6. The molecule has 3 rings (SSSR count). The summed E-state index contributed by atoms with van der Waals surface area (Å²) in [6.07, 6.45) is 4.72. The fraction of sp³-hybridized carbons (Fsp3) is 0.522. The third kappa shape index (κ3) is 8.53. The monoisotopic (exact) mass is 542 g/mol. The Morgan fingerprint density at radius 3 is 2.60 bits per heavy atom. The Morgan fingerprint density at radius 2 is 1.90 bits per heavy atom. The fourth-order valence-corrected chi connectivity index (χ4v) is 4.52. The van der Waals surface area contributed by atoms with Crippen LogP contribution in [0.3, 0.4) is 0 Å². The smallest absolute Gasteiger partial charge is 0.191 e. The number of benzene rings is 1. The maximum Gasteiger partial charge on any atom is 0.191 e. The van der Waals surface area contributed by atoms with Crippen molar-refractivity contribution < 1.29 is 4.74 Å². The van der Waals surface area contributed by atoms with Gasteiger partial charge in [0.25, 0.3) is 0 Å². The molecule has 1 saturated heterocycles. The van der Waals surface area contributed by atoms with Crippen LogP contribution in [-0.2, 0) is 11.3 Å². The van der Waals surface area contributed by atoms with Gasteiger partial charge in [0.15, 0.2) is 5.96 Å². The van der Waals surface area contributed by atoms with Crippen molar-refractivity contribution in [2.24, 2.45) is 4.99 Å². The minimum absolute atomic E-state index is 0. The summed E-state index contributed by atoms with van der Waals surface area (Å²) in [6.45, 7) is 5.66. The number of halogens is 1. The molecule has 1 aliphatic heterocycles. The first kappa shape index (κ1) is 25.1. The van der Waals surface area contributed by atoms with Crippen molar-refractivity contribution in [1.29, 1.82) is 0 Å². The Balaban J connectivity index is 0.00000320. The summed E-state index contributed by atoms with van der Waals surface area (Å²) in [7, 11) is 1.84. The van der Waals surface area contributed by atoms with Gasteiger partial charge in [-0.3, -0.25) is 9.89 Å². The van der Waals surface area contributed by atoms with E-state index < -0.39 is 0 Å². The van der Waals surface area contributed by atoms with Crippen LogP contribution in [-0.4, -0.2) is 50.7 Å². The Hall–Kier alpha value is -1.16. The molecule has 166 valence electrons. The average Bonchev–Trinajstić information content (AvgIpc) is 3.47. The number of thiophene rings is 1. The van der Waals surface area contributed by atoms with Gasteiger partial charge in [0.2, 0.25) is 0 Å². The van der Waals surface area contributed by atoms with Gasteiger partial charge in [-0.1, -0.05) is 36.4 Å². The second kappa shape index (κ2) is 14.8. The first-order valence-electron chi connectivity index (χ1n) is 10.7. The van der Waals surface area contributed by atoms with Crippen molar-refractivity contribution in [3.63, 3.8) is 0 Å². The van der Waals surface area contributed by atoms with E-state index in [-0.39, 0.29) is 24.0 Å². The quantitative estimate of drug-likeness (QED) is 0.188. The summed E-state index contributed by atoms with van der Waals surface area (Å²) in [4.78, 5) is 8.42. The van der Waals surface area contributed by atoms with Crippen LogP contribution in [0.4, 0.5) is 0 Å². The lowest BCUT2D eigenvalue weighted by Gasteiger charge is -2.27. The van der Waals surface area contributed by atoms with Gasteiger partial charge in [0.05, 0.1) is 12.6 Å². The van der Waals surface area contributed by atoms with E-state index in [2.05, 4.69) is 50.2 Å². The number of likely N-dealkylation sites (tertiary alicyclic amines) is 1. The lowest BCUT2D eigenvalue weighted by molar-refractivity contribution is 0.117. The average molecular weight is 543 g/mol. The molecule has 0 radical (unpaired) electrons. The SMILES string of the molecule is CN=C(NCCCCOCc1ccccc1)NCC(c1cccs1)N1CCCC1.I. The Kier molecular flexibility index (Phi) is 12.4. The van der Waals surface area contributed by atoms with Gasteiger partial charge in [-0.2, -0.15) is 0 Å². The van der Waals surface area contributed by atoms with Crippen molar-refractivity contribution in [1.82, 2.24) is 15.5 Å². The molecule has 2 heterocycles. The molecule has 5 nitrogen and oxygen atoms in total. The van der Waals surface area contributed by atoms with Gasteiger partial charge in [-0.15, -0.1) is 35.3 Å². The van der Waals surface area contributed by atoms with Crippen molar-refractivity contribution in [2.45, 2.75) is 38.3 Å². The van der Waals surface area contributed by atoms with Crippen molar-refractivity contribution in [3.8, 4) is 0 Å². The minimum atomic E-state index is 0. The summed E-state index contributed by atoms with van der Waals surface area (Å²) in [6, 6.07) is 15.2. The predicted octanol–water partition coefficient (Wildman–Crippen LogP) is 4.67. The van der Waals surface area contributed by atoms with Gasteiger partial charge in [-0.25, -0.2) is 0 Å². The molecule has 0 spiro atoms. The maximum absolute atomic E-state index is 5.75. The number of hydrogen-bond donors (Lipinski definition) is 2. The van der Waals surface area contributed by atoms with Crippen molar-refractivity contribution >= 4 is 41.3 Å². The molecule has 0 saturated carbocycles. The van der Waals surface area contributed by atoms with Gasteiger partial charge in [0, 0.05) is 31.6 Å². The van der Waals surface area contributed by atoms with Crippen LogP contribution < -0.4 is 10.6 Å². The summed E-state index contributed by atoms with van der Waals surface area (Å²) in [5.74, 6) is 0.885. The number of ether oxygens (including phenoxy) is 1. The van der Waals surface area contributed by atoms with Crippen molar-refractivity contribution in [2.75, 3.05) is 39.8 Å². The standard InChI is InChI=1S/C23H34N4OS.HI/c1-24-23(25-13-5-8-16-28-19-20-10-3-2-4-11-20)26-18-21(22-12-9-17-29-22)27-14-6-7-15-27;/h2-4,9-12,17,21H,5-8,13-16,18-19H2,1H3,(H2,24,25,26);1H. The van der Waals surface area contributed by atoms with Crippen LogP contribution in [0.5, 0.6) is 0 Å². The molecule has 0 aliphatic carbocycles. The molecule has 1 aromatic heterocycles. The maximum atomic E-state index is 5.75. The number of nitrogens with zero attached hydrogens (tertiary/aromatic N) is 2. The number of nitrogens with one attached hydrogen (secondary N) is 2. The second-order valence-electron chi connectivity index (χ2n) is 7.40. The zero-order chi connectivity index (χ0) is 20.2. The molecular weight excluding hydrogens is 507 g/mol. The van der Waals surface area contributed by atoms with Gasteiger partial charge < -0.3 is 15.4 Å². The molecule has 30 heavy (non-hydrogen) atoms. The van der Waals surface area contributed by atoms with Gasteiger partial charge in [-0.05, 0) is 55.8 Å². The molecule has 0 bridgehead atoms. The summed E-state index contributed by atoms with van der Waals surface area (Å²) in [5, 5.41) is 9.14. The highest BCUT2D eigenvalue weighted by Crippen LogP contribution is 2.27. The van der Waals surface area contributed by atoms with Crippen LogP contribution in [0, 0.1) is 0 Å². The third-order valence-electron chi connectivity index (χ3n) is 5.26. The molecule has 2 N–H and O–H groups in total. The highest BCUT2D eigenvalue weighted by atomic mass is 127. The van der Waals surface area contributed by atoms with E-state index in [1.54, 1.807) is 0 Å². The van der Waals surface area contributed by atoms with Crippen LogP contribution in [0.15, 0.2) is 52.8 Å². The Morgan fingerprint density at radius 1 is 1.10 bits per heavy atom. The minimum Gasteiger partial charge on any atom is -0.377 e. The summed E-state index contributed by atoms with van der Waals surface area (Å²) in [5.41, 5.74) is 1.23. The molecule has 7 heteroatoms. The van der Waals surface area contributed by atoms with Gasteiger partial charge >= 0.3 is 0 Å². The zero-order valence-corrected chi connectivity index (χ0v) is 21.0. The number of aliphatic imine (C=N–C) groups is 1. The lowest BCUT2D eigenvalue weighted by Crippen LogP contribution is -2.42. The van der Waals surface area contributed by atoms with E-state index in [0.29, 0.717) is 12.6 Å². The van der Waals surface area contributed by atoms with E-state index in [0.717, 1.165) is 38.5 Å². The van der Waals surface area contributed by atoms with Crippen LogP contribution in [0.1, 0.15) is 42.2 Å². The van der Waals surface area contributed by atoms with E-state index in [9.17, 15) is 0 Å². The Bertz CT molecular complexity index is 705. The number of rotatable bonds is 11. The molecule has 1 aromatic carbocycles. The molecule has 1 unspecified atom stereocenters. The highest BCUT2D eigenvalue weighted by Gasteiger charge is 2.24. The third-order valence-corrected chi connectivity index (χ3v) is 6.23. The molecule has 1 aliphatic rings. The fourth-order valence-electron chi connectivity index (χ4n) is 3.66. The van der Waals surface area contributed by atoms with Crippen LogP contribution in [0.2, 0.25) is 0 Å². The van der Waals surface area contributed by atoms with E-state index >= 15 is 0 Å². The van der Waals surface area contributed by atoms with Crippen molar-refractivity contribution in [3.05, 3.63) is 58.3 Å². The molecule has 0 amide bonds. The second-order valence-corrected chi connectivity index (χ2v) is 8.38. The topological polar surface area (TPSA) is 48.9 Å².